The first-order valence-corrected chi connectivity index (χ1v) is 7.55. The van der Waals surface area contributed by atoms with Gasteiger partial charge in [0.25, 0.3) is 0 Å². The number of rotatable bonds is 6. The fourth-order valence-electron chi connectivity index (χ4n) is 1.82. The Morgan fingerprint density at radius 3 is 2.74 bits per heavy atom. The van der Waals surface area contributed by atoms with Gasteiger partial charge in [0.2, 0.25) is 0 Å². The van der Waals surface area contributed by atoms with Crippen LogP contribution in [0.3, 0.4) is 0 Å². The van der Waals surface area contributed by atoms with E-state index in [1.807, 2.05) is 24.3 Å². The Labute approximate surface area is 129 Å². The van der Waals surface area contributed by atoms with Crippen molar-refractivity contribution in [2.45, 2.75) is 13.0 Å². The van der Waals surface area contributed by atoms with Gasteiger partial charge in [0.1, 0.15) is 11.5 Å². The lowest BCUT2D eigenvalue weighted by Gasteiger charge is -2.08. The number of nitrogens with one attached hydrogen (secondary N) is 1. The number of para-hydroxylation sites is 1. The Bertz CT molecular complexity index is 520. The molecule has 1 N–H and O–H groups in total. The van der Waals surface area contributed by atoms with Crippen LogP contribution in [-0.2, 0) is 13.0 Å². The average Bonchev–Trinajstić information content (AvgIpc) is 2.74. The zero-order chi connectivity index (χ0) is 13.7. The number of ether oxygens (including phenoxy) is 1. The summed E-state index contributed by atoms with van der Waals surface area (Å²) >= 11 is 6.72. The van der Waals surface area contributed by atoms with Gasteiger partial charge in [0.05, 0.1) is 18.1 Å². The smallest absolute Gasteiger partial charge is 0.183 e. The quantitative estimate of drug-likeness (QED) is 0.755. The topological polar surface area (TPSA) is 34.4 Å². The molecule has 3 nitrogen and oxygen atoms in total. The highest BCUT2D eigenvalue weighted by molar-refractivity contribution is 9.13. The Balaban J connectivity index is 1.80. The van der Waals surface area contributed by atoms with Gasteiger partial charge in [-0.05, 0) is 62.5 Å². The molecule has 0 radical (unpaired) electrons. The van der Waals surface area contributed by atoms with Crippen molar-refractivity contribution in [1.82, 2.24) is 5.32 Å². The van der Waals surface area contributed by atoms with Gasteiger partial charge in [-0.3, -0.25) is 0 Å². The second-order valence-corrected chi connectivity index (χ2v) is 5.65. The molecule has 0 saturated heterocycles. The molecule has 0 amide bonds. The number of methoxy groups -OCH3 is 1. The summed E-state index contributed by atoms with van der Waals surface area (Å²) in [7, 11) is 1.70. The summed E-state index contributed by atoms with van der Waals surface area (Å²) in [6.45, 7) is 1.58. The molecule has 19 heavy (non-hydrogen) atoms. The summed E-state index contributed by atoms with van der Waals surface area (Å²) in [5.74, 6) is 1.84. The van der Waals surface area contributed by atoms with Crippen molar-refractivity contribution in [3.8, 4) is 5.75 Å². The third-order valence-corrected chi connectivity index (χ3v) is 4.47. The highest BCUT2D eigenvalue weighted by atomic mass is 79.9. The maximum absolute atomic E-state index is 5.49. The lowest BCUT2D eigenvalue weighted by atomic mass is 10.1. The monoisotopic (exact) mass is 387 g/mol. The highest BCUT2D eigenvalue weighted by Gasteiger charge is 2.06. The molecule has 0 spiro atoms. The predicted molar refractivity (Wildman–Crippen MR) is 82.5 cm³/mol. The number of halogens is 2. The van der Waals surface area contributed by atoms with Gasteiger partial charge in [0.15, 0.2) is 4.67 Å². The van der Waals surface area contributed by atoms with Crippen LogP contribution in [0.2, 0.25) is 0 Å². The zero-order valence-corrected chi connectivity index (χ0v) is 13.8. The number of benzene rings is 1. The van der Waals surface area contributed by atoms with Crippen molar-refractivity contribution in [1.29, 1.82) is 0 Å². The minimum Gasteiger partial charge on any atom is -0.496 e. The van der Waals surface area contributed by atoms with Crippen molar-refractivity contribution in [3.63, 3.8) is 0 Å². The van der Waals surface area contributed by atoms with E-state index in [0.29, 0.717) is 6.54 Å². The Kier molecular flexibility index (Phi) is 5.48. The molecule has 2 rings (SSSR count). The van der Waals surface area contributed by atoms with E-state index in [0.717, 1.165) is 33.6 Å². The van der Waals surface area contributed by atoms with Crippen molar-refractivity contribution in [3.05, 3.63) is 50.8 Å². The Morgan fingerprint density at radius 1 is 1.26 bits per heavy atom. The summed E-state index contributed by atoms with van der Waals surface area (Å²) in [5.41, 5.74) is 1.21. The van der Waals surface area contributed by atoms with Gasteiger partial charge in [0, 0.05) is 0 Å². The third-order valence-electron chi connectivity index (χ3n) is 2.76. The molecule has 102 valence electrons. The standard InChI is InChI=1S/C14H15Br2NO2/c1-18-13-5-3-2-4-10(13)6-7-17-9-11-8-12(15)14(16)19-11/h2-5,8,17H,6-7,9H2,1H3. The molecule has 0 bridgehead atoms. The molecular formula is C14H15Br2NO2. The molecule has 0 fully saturated rings. The fourth-order valence-corrected chi connectivity index (χ4v) is 2.48. The number of furan rings is 1. The van der Waals surface area contributed by atoms with Gasteiger partial charge in [-0.1, -0.05) is 18.2 Å². The van der Waals surface area contributed by atoms with E-state index in [-0.39, 0.29) is 0 Å². The van der Waals surface area contributed by atoms with Crippen LogP contribution < -0.4 is 10.1 Å². The van der Waals surface area contributed by atoms with Gasteiger partial charge in [-0.25, -0.2) is 0 Å². The second kappa shape index (κ2) is 7.12. The van der Waals surface area contributed by atoms with E-state index in [2.05, 4.69) is 43.2 Å². The van der Waals surface area contributed by atoms with Gasteiger partial charge < -0.3 is 14.5 Å². The van der Waals surface area contributed by atoms with Gasteiger partial charge >= 0.3 is 0 Å². The molecule has 0 unspecified atom stereocenters. The molecule has 0 aliphatic rings. The van der Waals surface area contributed by atoms with E-state index in [9.17, 15) is 0 Å². The summed E-state index contributed by atoms with van der Waals surface area (Å²) in [6.07, 6.45) is 0.924. The van der Waals surface area contributed by atoms with Crippen molar-refractivity contribution in [2.24, 2.45) is 0 Å². The number of hydrogen-bond donors (Lipinski definition) is 1. The lowest BCUT2D eigenvalue weighted by Crippen LogP contribution is -2.16. The minimum absolute atomic E-state index is 0.708. The van der Waals surface area contributed by atoms with Crippen LogP contribution in [0.15, 0.2) is 43.9 Å². The van der Waals surface area contributed by atoms with Crippen LogP contribution in [0.5, 0.6) is 5.75 Å². The van der Waals surface area contributed by atoms with Crippen molar-refractivity contribution in [2.75, 3.05) is 13.7 Å². The molecule has 0 atom stereocenters. The first-order valence-electron chi connectivity index (χ1n) is 5.97. The van der Waals surface area contributed by atoms with Crippen LogP contribution in [0.1, 0.15) is 11.3 Å². The van der Waals surface area contributed by atoms with E-state index in [1.165, 1.54) is 5.56 Å². The Hall–Kier alpha value is -0.780. The summed E-state index contributed by atoms with van der Waals surface area (Å²) in [6, 6.07) is 10.0. The SMILES string of the molecule is COc1ccccc1CCNCc1cc(Br)c(Br)o1. The normalized spacial score (nSPS) is 10.7. The highest BCUT2D eigenvalue weighted by Crippen LogP contribution is 2.26. The predicted octanol–water partition coefficient (Wildman–Crippen LogP) is 4.15. The van der Waals surface area contributed by atoms with Gasteiger partial charge in [-0.15, -0.1) is 0 Å². The van der Waals surface area contributed by atoms with Crippen molar-refractivity contribution < 1.29 is 9.15 Å². The fraction of sp³-hybridized carbons (Fsp3) is 0.286. The van der Waals surface area contributed by atoms with Crippen LogP contribution in [0.4, 0.5) is 0 Å². The maximum Gasteiger partial charge on any atom is 0.183 e. The largest absolute Gasteiger partial charge is 0.496 e. The van der Waals surface area contributed by atoms with E-state index in [4.69, 9.17) is 9.15 Å². The number of hydrogen-bond acceptors (Lipinski definition) is 3. The lowest BCUT2D eigenvalue weighted by molar-refractivity contribution is 0.408. The molecule has 5 heteroatoms. The van der Waals surface area contributed by atoms with Gasteiger partial charge in [-0.2, -0.15) is 0 Å². The van der Waals surface area contributed by atoms with E-state index >= 15 is 0 Å². The molecule has 0 aliphatic carbocycles. The Morgan fingerprint density at radius 2 is 2.05 bits per heavy atom. The minimum atomic E-state index is 0.708. The summed E-state index contributed by atoms with van der Waals surface area (Å²) < 4.78 is 12.5. The average molecular weight is 389 g/mol. The molecule has 0 aliphatic heterocycles. The molecule has 1 heterocycles. The van der Waals surface area contributed by atoms with Crippen LogP contribution in [0.25, 0.3) is 0 Å². The molecule has 0 saturated carbocycles. The summed E-state index contributed by atoms with van der Waals surface area (Å²) in [5, 5.41) is 3.35. The molecule has 1 aromatic carbocycles. The summed E-state index contributed by atoms with van der Waals surface area (Å²) in [4.78, 5) is 0. The van der Waals surface area contributed by atoms with E-state index in [1.54, 1.807) is 7.11 Å². The molecular weight excluding hydrogens is 374 g/mol. The van der Waals surface area contributed by atoms with E-state index < -0.39 is 0 Å². The first-order chi connectivity index (χ1) is 9.20. The molecule has 2 aromatic rings. The second-order valence-electron chi connectivity index (χ2n) is 4.07. The zero-order valence-electron chi connectivity index (χ0n) is 10.6. The molecule has 1 aromatic heterocycles. The first kappa shape index (κ1) is 14.6. The van der Waals surface area contributed by atoms with Crippen LogP contribution >= 0.6 is 31.9 Å². The third kappa shape index (κ3) is 4.09. The van der Waals surface area contributed by atoms with Crippen LogP contribution in [0, 0.1) is 0 Å². The van der Waals surface area contributed by atoms with Crippen molar-refractivity contribution >= 4 is 31.9 Å². The van der Waals surface area contributed by atoms with Crippen LogP contribution in [-0.4, -0.2) is 13.7 Å². The maximum atomic E-state index is 5.49.